The molecule has 1 aromatic carbocycles. The summed E-state index contributed by atoms with van der Waals surface area (Å²) in [6.45, 7) is 0. The van der Waals surface area contributed by atoms with E-state index in [0.29, 0.717) is 16.3 Å². The maximum absolute atomic E-state index is 13.1. The Bertz CT molecular complexity index is 553. The lowest BCUT2D eigenvalue weighted by molar-refractivity contribution is 0.621. The summed E-state index contributed by atoms with van der Waals surface area (Å²) in [6.07, 6.45) is 2.41. The van der Waals surface area contributed by atoms with Crippen LogP contribution in [0.5, 0.6) is 0 Å². The number of nitrogens with zero attached hydrogens (tertiary/aromatic N) is 2. The highest BCUT2D eigenvalue weighted by atomic mass is 79.9. The van der Waals surface area contributed by atoms with Crippen LogP contribution >= 0.6 is 27.5 Å². The van der Waals surface area contributed by atoms with Crippen molar-refractivity contribution in [3.63, 3.8) is 0 Å². The molecule has 2 aromatic rings. The van der Waals surface area contributed by atoms with Crippen molar-refractivity contribution in [2.24, 2.45) is 0 Å². The summed E-state index contributed by atoms with van der Waals surface area (Å²) >= 11 is 4.50. The quantitative estimate of drug-likeness (QED) is 0.939. The van der Waals surface area contributed by atoms with Crippen molar-refractivity contribution in [2.45, 2.75) is 18.9 Å². The normalized spacial score (nSPS) is 14.9. The Morgan fingerprint density at radius 1 is 1.41 bits per heavy atom. The molecule has 0 amide bonds. The first-order valence-corrected chi connectivity index (χ1v) is 6.85. The van der Waals surface area contributed by atoms with E-state index in [2.05, 4.69) is 30.6 Å². The number of rotatable bonds is 3. The van der Waals surface area contributed by atoms with Gasteiger partial charge in [-0.1, -0.05) is 0 Å². The molecule has 3 rings (SSSR count). The Morgan fingerprint density at radius 2 is 2.24 bits per heavy atom. The van der Waals surface area contributed by atoms with Gasteiger partial charge in [-0.15, -0.1) is 0 Å². The van der Waals surface area contributed by atoms with Gasteiger partial charge in [-0.2, -0.15) is 9.36 Å². The van der Waals surface area contributed by atoms with Gasteiger partial charge in [0.05, 0.1) is 4.47 Å². The minimum absolute atomic E-state index is 0.277. The maximum atomic E-state index is 13.1. The first-order chi connectivity index (χ1) is 8.22. The van der Waals surface area contributed by atoms with Gasteiger partial charge in [0.1, 0.15) is 5.82 Å². The lowest BCUT2D eigenvalue weighted by Crippen LogP contribution is -1.99. The van der Waals surface area contributed by atoms with Gasteiger partial charge in [0.15, 0.2) is 5.82 Å². The van der Waals surface area contributed by atoms with E-state index in [0.717, 1.165) is 10.7 Å². The smallest absolute Gasteiger partial charge is 0.203 e. The van der Waals surface area contributed by atoms with Crippen molar-refractivity contribution in [1.29, 1.82) is 0 Å². The van der Waals surface area contributed by atoms with E-state index in [4.69, 9.17) is 0 Å². The van der Waals surface area contributed by atoms with Crippen LogP contribution in [0.4, 0.5) is 9.52 Å². The summed E-state index contributed by atoms with van der Waals surface area (Å²) in [5.74, 6) is 0.360. The summed E-state index contributed by atoms with van der Waals surface area (Å²) in [6, 6.07) is 5.35. The molecule has 0 saturated heterocycles. The third kappa shape index (κ3) is 2.47. The van der Waals surface area contributed by atoms with Crippen LogP contribution in [0.25, 0.3) is 11.4 Å². The molecule has 1 aromatic heterocycles. The van der Waals surface area contributed by atoms with Gasteiger partial charge in [0, 0.05) is 23.1 Å². The first kappa shape index (κ1) is 11.1. The fourth-order valence-corrected chi connectivity index (χ4v) is 2.48. The SMILES string of the molecule is Fc1ccc(-c2nsc(NC3CC3)n2)cc1Br. The molecular weight excluding hydrogens is 305 g/mol. The summed E-state index contributed by atoms with van der Waals surface area (Å²) in [5.41, 5.74) is 0.818. The van der Waals surface area contributed by atoms with E-state index in [1.165, 1.54) is 30.4 Å². The molecule has 0 atom stereocenters. The van der Waals surface area contributed by atoms with Gasteiger partial charge in [0.25, 0.3) is 0 Å². The largest absolute Gasteiger partial charge is 0.358 e. The van der Waals surface area contributed by atoms with Gasteiger partial charge in [-0.25, -0.2) is 4.39 Å². The van der Waals surface area contributed by atoms with Crippen molar-refractivity contribution in [1.82, 2.24) is 9.36 Å². The Morgan fingerprint density at radius 3 is 2.94 bits per heavy atom. The molecule has 0 aliphatic heterocycles. The number of nitrogens with one attached hydrogen (secondary N) is 1. The van der Waals surface area contributed by atoms with Gasteiger partial charge in [-0.05, 0) is 47.0 Å². The van der Waals surface area contributed by atoms with Crippen LogP contribution in [0, 0.1) is 5.82 Å². The molecule has 1 heterocycles. The molecule has 1 fully saturated rings. The number of anilines is 1. The average Bonchev–Trinajstić information content (AvgIpc) is 2.99. The molecule has 0 unspecified atom stereocenters. The van der Waals surface area contributed by atoms with Crippen LogP contribution in [0.15, 0.2) is 22.7 Å². The molecule has 1 aliphatic carbocycles. The molecular formula is C11H9BrFN3S. The number of halogens is 2. The molecule has 0 bridgehead atoms. The van der Waals surface area contributed by atoms with E-state index < -0.39 is 0 Å². The second-order valence-electron chi connectivity index (χ2n) is 3.97. The van der Waals surface area contributed by atoms with Gasteiger partial charge < -0.3 is 5.32 Å². The average molecular weight is 314 g/mol. The highest BCUT2D eigenvalue weighted by Gasteiger charge is 2.22. The highest BCUT2D eigenvalue weighted by molar-refractivity contribution is 9.10. The fourth-order valence-electron chi connectivity index (χ4n) is 1.44. The summed E-state index contributed by atoms with van der Waals surface area (Å²) in [4.78, 5) is 4.38. The van der Waals surface area contributed by atoms with Crippen LogP contribution in [-0.2, 0) is 0 Å². The molecule has 1 saturated carbocycles. The topological polar surface area (TPSA) is 37.8 Å². The van der Waals surface area contributed by atoms with Crippen molar-refractivity contribution < 1.29 is 4.39 Å². The second kappa shape index (κ2) is 4.34. The molecule has 6 heteroatoms. The third-order valence-corrected chi connectivity index (χ3v) is 3.76. The lowest BCUT2D eigenvalue weighted by Gasteiger charge is -1.98. The predicted octanol–water partition coefficient (Wildman–Crippen LogP) is 3.68. The maximum Gasteiger partial charge on any atom is 0.203 e. The highest BCUT2D eigenvalue weighted by Crippen LogP contribution is 2.29. The summed E-state index contributed by atoms with van der Waals surface area (Å²) in [5, 5.41) is 4.13. The summed E-state index contributed by atoms with van der Waals surface area (Å²) in [7, 11) is 0. The molecule has 1 N–H and O–H groups in total. The van der Waals surface area contributed by atoms with E-state index in [9.17, 15) is 4.39 Å². The standard InChI is InChI=1S/C11H9BrFN3S/c12-8-5-6(1-4-9(8)13)10-15-11(17-16-10)14-7-2-3-7/h1,4-5,7H,2-3H2,(H,14,15,16). The van der Waals surface area contributed by atoms with Crippen LogP contribution in [0.1, 0.15) is 12.8 Å². The van der Waals surface area contributed by atoms with E-state index in [1.807, 2.05) is 0 Å². The van der Waals surface area contributed by atoms with Crippen molar-refractivity contribution in [2.75, 3.05) is 5.32 Å². The zero-order chi connectivity index (χ0) is 11.8. The first-order valence-electron chi connectivity index (χ1n) is 5.28. The molecule has 17 heavy (non-hydrogen) atoms. The van der Waals surface area contributed by atoms with E-state index >= 15 is 0 Å². The number of benzene rings is 1. The molecule has 88 valence electrons. The fraction of sp³-hybridized carbons (Fsp3) is 0.273. The summed E-state index contributed by atoms with van der Waals surface area (Å²) < 4.78 is 17.8. The predicted molar refractivity (Wildman–Crippen MR) is 69.6 cm³/mol. The molecule has 0 radical (unpaired) electrons. The third-order valence-electron chi connectivity index (χ3n) is 2.51. The van der Waals surface area contributed by atoms with Crippen LogP contribution in [0.3, 0.4) is 0 Å². The molecule has 3 nitrogen and oxygen atoms in total. The van der Waals surface area contributed by atoms with Crippen molar-refractivity contribution in [3.05, 3.63) is 28.5 Å². The second-order valence-corrected chi connectivity index (χ2v) is 5.58. The Kier molecular flexibility index (Phi) is 2.84. The lowest BCUT2D eigenvalue weighted by atomic mass is 10.2. The van der Waals surface area contributed by atoms with E-state index in [-0.39, 0.29) is 5.82 Å². The Labute approximate surface area is 110 Å². The van der Waals surface area contributed by atoms with Gasteiger partial charge in [0.2, 0.25) is 5.13 Å². The molecule has 0 spiro atoms. The van der Waals surface area contributed by atoms with Gasteiger partial charge in [-0.3, -0.25) is 0 Å². The zero-order valence-electron chi connectivity index (χ0n) is 8.78. The zero-order valence-corrected chi connectivity index (χ0v) is 11.2. The van der Waals surface area contributed by atoms with Gasteiger partial charge >= 0.3 is 0 Å². The Hall–Kier alpha value is -1.01. The monoisotopic (exact) mass is 313 g/mol. The van der Waals surface area contributed by atoms with E-state index in [1.54, 1.807) is 12.1 Å². The van der Waals surface area contributed by atoms with Crippen LogP contribution in [0.2, 0.25) is 0 Å². The Balaban J connectivity index is 1.86. The number of aromatic nitrogens is 2. The molecule has 1 aliphatic rings. The van der Waals surface area contributed by atoms with Crippen molar-refractivity contribution >= 4 is 32.6 Å². The van der Waals surface area contributed by atoms with Crippen molar-refractivity contribution in [3.8, 4) is 11.4 Å². The minimum Gasteiger partial charge on any atom is -0.358 e. The number of hydrogen-bond donors (Lipinski definition) is 1. The van der Waals surface area contributed by atoms with Crippen LogP contribution in [-0.4, -0.2) is 15.4 Å². The minimum atomic E-state index is -0.277. The van der Waals surface area contributed by atoms with Crippen LogP contribution < -0.4 is 5.32 Å². The number of hydrogen-bond acceptors (Lipinski definition) is 4.